The maximum Gasteiger partial charge on any atom is 0.265 e. The highest BCUT2D eigenvalue weighted by Gasteiger charge is 2.32. The molecule has 7 heteroatoms. The summed E-state index contributed by atoms with van der Waals surface area (Å²) in [5.74, 6) is 0.369. The first-order valence-electron chi connectivity index (χ1n) is 9.57. The minimum atomic E-state index is -3.82. The van der Waals surface area contributed by atoms with Crippen LogP contribution in [0.1, 0.15) is 37.5 Å². The fourth-order valence-electron chi connectivity index (χ4n) is 3.42. The summed E-state index contributed by atoms with van der Waals surface area (Å²) < 4.78 is 33.9. The Morgan fingerprint density at radius 3 is 2.38 bits per heavy atom. The SMILES string of the molecule is COc1cc(C)c(C)cc1S(=O)(=O)Nc1ccc2c(c1)CCN2C(=O)C(C)(C)C. The number of hydrogen-bond donors (Lipinski definition) is 1. The quantitative estimate of drug-likeness (QED) is 0.816. The normalized spacial score (nSPS) is 13.9. The lowest BCUT2D eigenvalue weighted by molar-refractivity contribution is -0.125. The standard InChI is InChI=1S/C22H28N2O4S/c1-14-11-19(28-6)20(12-15(14)2)29(26,27)23-17-7-8-18-16(13-17)9-10-24(18)21(25)22(3,4)5/h7-8,11-13,23H,9-10H2,1-6H3. The summed E-state index contributed by atoms with van der Waals surface area (Å²) in [6.45, 7) is 10.1. The van der Waals surface area contributed by atoms with Gasteiger partial charge in [0, 0.05) is 23.3 Å². The molecule has 1 aliphatic heterocycles. The molecule has 1 heterocycles. The van der Waals surface area contributed by atoms with E-state index in [9.17, 15) is 13.2 Å². The van der Waals surface area contributed by atoms with Gasteiger partial charge in [-0.25, -0.2) is 8.42 Å². The van der Waals surface area contributed by atoms with Crippen molar-refractivity contribution in [3.8, 4) is 5.75 Å². The molecular weight excluding hydrogens is 388 g/mol. The van der Waals surface area contributed by atoms with Gasteiger partial charge < -0.3 is 9.64 Å². The number of nitrogens with one attached hydrogen (secondary N) is 1. The number of aryl methyl sites for hydroxylation is 2. The van der Waals surface area contributed by atoms with Crippen molar-refractivity contribution in [1.82, 2.24) is 0 Å². The molecule has 0 aliphatic carbocycles. The highest BCUT2D eigenvalue weighted by molar-refractivity contribution is 7.92. The number of amides is 1. The maximum atomic E-state index is 13.0. The van der Waals surface area contributed by atoms with Gasteiger partial charge in [0.25, 0.3) is 10.0 Å². The van der Waals surface area contributed by atoms with Gasteiger partial charge in [-0.1, -0.05) is 20.8 Å². The summed E-state index contributed by atoms with van der Waals surface area (Å²) >= 11 is 0. The van der Waals surface area contributed by atoms with Crippen LogP contribution in [0, 0.1) is 19.3 Å². The van der Waals surface area contributed by atoms with E-state index in [-0.39, 0.29) is 10.8 Å². The summed E-state index contributed by atoms with van der Waals surface area (Å²) in [6.07, 6.45) is 0.694. The number of carbonyl (C=O) groups is 1. The zero-order valence-electron chi connectivity index (χ0n) is 17.8. The van der Waals surface area contributed by atoms with Crippen molar-refractivity contribution in [1.29, 1.82) is 0 Å². The van der Waals surface area contributed by atoms with Crippen LogP contribution in [-0.2, 0) is 21.2 Å². The van der Waals surface area contributed by atoms with Crippen molar-refractivity contribution >= 4 is 27.3 Å². The Labute approximate surface area is 172 Å². The Balaban J connectivity index is 1.91. The van der Waals surface area contributed by atoms with Crippen LogP contribution in [-0.4, -0.2) is 28.0 Å². The molecule has 0 aromatic heterocycles. The maximum absolute atomic E-state index is 13.0. The fourth-order valence-corrected chi connectivity index (χ4v) is 4.71. The third-order valence-corrected chi connectivity index (χ3v) is 6.59. The van der Waals surface area contributed by atoms with Crippen LogP contribution in [0.5, 0.6) is 5.75 Å². The summed E-state index contributed by atoms with van der Waals surface area (Å²) in [4.78, 5) is 14.5. The predicted molar refractivity (Wildman–Crippen MR) is 115 cm³/mol. The van der Waals surface area contributed by atoms with Crippen molar-refractivity contribution in [3.63, 3.8) is 0 Å². The highest BCUT2D eigenvalue weighted by Crippen LogP contribution is 2.35. The number of carbonyl (C=O) groups excluding carboxylic acids is 1. The van der Waals surface area contributed by atoms with E-state index in [0.717, 1.165) is 22.4 Å². The van der Waals surface area contributed by atoms with E-state index in [0.29, 0.717) is 24.4 Å². The van der Waals surface area contributed by atoms with Gasteiger partial charge in [-0.2, -0.15) is 0 Å². The molecule has 2 aromatic rings. The second-order valence-electron chi connectivity index (χ2n) is 8.49. The van der Waals surface area contributed by atoms with Crippen LogP contribution in [0.3, 0.4) is 0 Å². The van der Waals surface area contributed by atoms with E-state index in [1.165, 1.54) is 7.11 Å². The van der Waals surface area contributed by atoms with Crippen LogP contribution in [0.15, 0.2) is 35.2 Å². The third kappa shape index (κ3) is 4.10. The number of rotatable bonds is 4. The molecule has 156 valence electrons. The van der Waals surface area contributed by atoms with Crippen molar-refractivity contribution in [2.24, 2.45) is 5.41 Å². The van der Waals surface area contributed by atoms with Gasteiger partial charge >= 0.3 is 0 Å². The smallest absolute Gasteiger partial charge is 0.265 e. The van der Waals surface area contributed by atoms with E-state index in [4.69, 9.17) is 4.74 Å². The summed E-state index contributed by atoms with van der Waals surface area (Å²) in [5.41, 5.74) is 3.63. The fraction of sp³-hybridized carbons (Fsp3) is 0.409. The summed E-state index contributed by atoms with van der Waals surface area (Å²) in [7, 11) is -2.36. The average Bonchev–Trinajstić information content (AvgIpc) is 3.04. The van der Waals surface area contributed by atoms with Crippen molar-refractivity contribution in [2.45, 2.75) is 45.9 Å². The average molecular weight is 417 g/mol. The lowest BCUT2D eigenvalue weighted by Crippen LogP contribution is -2.38. The Morgan fingerprint density at radius 2 is 1.76 bits per heavy atom. The summed E-state index contributed by atoms with van der Waals surface area (Å²) in [6, 6.07) is 8.64. The molecule has 0 fully saturated rings. The number of benzene rings is 2. The molecule has 0 radical (unpaired) electrons. The molecule has 0 saturated heterocycles. The number of nitrogens with zero attached hydrogens (tertiary/aromatic N) is 1. The van der Waals surface area contributed by atoms with Gasteiger partial charge in [0.2, 0.25) is 5.91 Å². The zero-order valence-corrected chi connectivity index (χ0v) is 18.6. The summed E-state index contributed by atoms with van der Waals surface area (Å²) in [5, 5.41) is 0. The molecule has 2 aromatic carbocycles. The van der Waals surface area contributed by atoms with Crippen LogP contribution in [0.25, 0.3) is 0 Å². The molecule has 3 rings (SSSR count). The van der Waals surface area contributed by atoms with E-state index in [2.05, 4.69) is 4.72 Å². The monoisotopic (exact) mass is 416 g/mol. The number of anilines is 2. The second-order valence-corrected chi connectivity index (χ2v) is 10.1. The molecule has 1 amide bonds. The van der Waals surface area contributed by atoms with Gasteiger partial charge in [0.15, 0.2) is 0 Å². The van der Waals surface area contributed by atoms with Crippen LogP contribution < -0.4 is 14.4 Å². The lowest BCUT2D eigenvalue weighted by Gasteiger charge is -2.26. The largest absolute Gasteiger partial charge is 0.495 e. The predicted octanol–water partition coefficient (Wildman–Crippen LogP) is 4.05. The van der Waals surface area contributed by atoms with Crippen LogP contribution in [0.4, 0.5) is 11.4 Å². The lowest BCUT2D eigenvalue weighted by atomic mass is 9.94. The molecule has 6 nitrogen and oxygen atoms in total. The number of sulfonamides is 1. The minimum Gasteiger partial charge on any atom is -0.495 e. The highest BCUT2D eigenvalue weighted by atomic mass is 32.2. The molecule has 0 atom stereocenters. The van der Waals surface area contributed by atoms with Gasteiger partial charge in [0.1, 0.15) is 10.6 Å². The molecule has 0 spiro atoms. The molecule has 29 heavy (non-hydrogen) atoms. The number of ether oxygens (including phenoxy) is 1. The number of hydrogen-bond acceptors (Lipinski definition) is 4. The first kappa shape index (κ1) is 21.2. The Bertz CT molecular complexity index is 1070. The third-order valence-electron chi connectivity index (χ3n) is 5.18. The topological polar surface area (TPSA) is 75.7 Å². The van der Waals surface area contributed by atoms with Gasteiger partial charge in [-0.05, 0) is 67.3 Å². The first-order chi connectivity index (χ1) is 13.4. The number of methoxy groups -OCH3 is 1. The van der Waals surface area contributed by atoms with E-state index in [1.807, 2.05) is 34.6 Å². The minimum absolute atomic E-state index is 0.0597. The number of fused-ring (bicyclic) bond motifs is 1. The van der Waals surface area contributed by atoms with Crippen molar-refractivity contribution in [2.75, 3.05) is 23.3 Å². The molecular formula is C22H28N2O4S. The Morgan fingerprint density at radius 1 is 1.10 bits per heavy atom. The van der Waals surface area contributed by atoms with Gasteiger partial charge in [-0.3, -0.25) is 9.52 Å². The molecule has 0 bridgehead atoms. The van der Waals surface area contributed by atoms with Crippen LogP contribution >= 0.6 is 0 Å². The van der Waals surface area contributed by atoms with Crippen molar-refractivity contribution in [3.05, 3.63) is 47.0 Å². The van der Waals surface area contributed by atoms with Gasteiger partial charge in [0.05, 0.1) is 7.11 Å². The van der Waals surface area contributed by atoms with Crippen LogP contribution in [0.2, 0.25) is 0 Å². The van der Waals surface area contributed by atoms with E-state index in [1.54, 1.807) is 35.2 Å². The Kier molecular flexibility index (Phi) is 5.38. The second kappa shape index (κ2) is 7.37. The van der Waals surface area contributed by atoms with Gasteiger partial charge in [-0.15, -0.1) is 0 Å². The van der Waals surface area contributed by atoms with Crippen molar-refractivity contribution < 1.29 is 17.9 Å². The first-order valence-corrected chi connectivity index (χ1v) is 11.1. The zero-order chi connectivity index (χ0) is 21.6. The molecule has 1 aliphatic rings. The van der Waals surface area contributed by atoms with E-state index < -0.39 is 15.4 Å². The van der Waals surface area contributed by atoms with E-state index >= 15 is 0 Å². The molecule has 1 N–H and O–H groups in total. The molecule has 0 saturated carbocycles. The molecule has 0 unspecified atom stereocenters. The Hall–Kier alpha value is -2.54.